The molecule has 0 unspecified atom stereocenters. The zero-order chi connectivity index (χ0) is 15.1. The molecule has 8 heteroatoms. The van der Waals surface area contributed by atoms with Gasteiger partial charge < -0.3 is 5.32 Å². The summed E-state index contributed by atoms with van der Waals surface area (Å²) < 4.78 is 14.9. The molecule has 0 aliphatic heterocycles. The van der Waals surface area contributed by atoms with Crippen LogP contribution < -0.4 is 5.32 Å². The molecule has 112 valence electrons. The second-order valence-electron chi connectivity index (χ2n) is 5.22. The highest BCUT2D eigenvalue weighted by Gasteiger charge is 2.30. The van der Waals surface area contributed by atoms with Gasteiger partial charge in [0.05, 0.1) is 6.54 Å². The molecular weight excluding hydrogens is 305 g/mol. The molecule has 6 nitrogen and oxygen atoms in total. The lowest BCUT2D eigenvalue weighted by Crippen LogP contribution is -2.22. The van der Waals surface area contributed by atoms with E-state index in [2.05, 4.69) is 20.6 Å². The van der Waals surface area contributed by atoms with Crippen LogP contribution in [0.15, 0.2) is 24.3 Å². The van der Waals surface area contributed by atoms with Crippen molar-refractivity contribution in [3.63, 3.8) is 0 Å². The highest BCUT2D eigenvalue weighted by Crippen LogP contribution is 2.39. The Morgan fingerprint density at radius 2 is 2.27 bits per heavy atom. The van der Waals surface area contributed by atoms with Gasteiger partial charge in [0.2, 0.25) is 4.96 Å². The van der Waals surface area contributed by atoms with Crippen LogP contribution in [0.4, 0.5) is 4.39 Å². The number of amides is 1. The molecule has 1 N–H and O–H groups in total. The van der Waals surface area contributed by atoms with E-state index in [9.17, 15) is 9.18 Å². The van der Waals surface area contributed by atoms with E-state index in [4.69, 9.17) is 0 Å². The number of aromatic nitrogens is 4. The van der Waals surface area contributed by atoms with E-state index < -0.39 is 5.82 Å². The van der Waals surface area contributed by atoms with Gasteiger partial charge in [-0.1, -0.05) is 17.4 Å². The van der Waals surface area contributed by atoms with E-state index in [0.29, 0.717) is 11.5 Å². The molecule has 1 aliphatic carbocycles. The van der Waals surface area contributed by atoms with Crippen LogP contribution in [-0.4, -0.2) is 25.7 Å². The molecule has 0 atom stereocenters. The molecule has 0 saturated heterocycles. The van der Waals surface area contributed by atoms with Crippen molar-refractivity contribution in [2.24, 2.45) is 0 Å². The minimum atomic E-state index is -0.430. The maximum atomic E-state index is 13.1. The van der Waals surface area contributed by atoms with E-state index >= 15 is 0 Å². The van der Waals surface area contributed by atoms with E-state index in [1.165, 1.54) is 29.5 Å². The Kier molecular flexibility index (Phi) is 3.11. The number of rotatable bonds is 4. The molecule has 0 spiro atoms. The van der Waals surface area contributed by atoms with Crippen LogP contribution >= 0.6 is 11.3 Å². The topological polar surface area (TPSA) is 72.2 Å². The zero-order valence-electron chi connectivity index (χ0n) is 11.5. The number of fused-ring (bicyclic) bond motifs is 1. The number of nitrogens with one attached hydrogen (secondary N) is 1. The van der Waals surface area contributed by atoms with E-state index in [1.54, 1.807) is 10.6 Å². The second-order valence-corrected chi connectivity index (χ2v) is 6.26. The van der Waals surface area contributed by atoms with Gasteiger partial charge in [0.1, 0.15) is 10.8 Å². The summed E-state index contributed by atoms with van der Waals surface area (Å²) in [6.45, 7) is 0.285. The van der Waals surface area contributed by atoms with Crippen LogP contribution in [0, 0.1) is 5.82 Å². The smallest absolute Gasteiger partial charge is 0.251 e. The average Bonchev–Trinajstić information content (AvgIpc) is 3.15. The summed E-state index contributed by atoms with van der Waals surface area (Å²) in [6, 6.07) is 5.59. The van der Waals surface area contributed by atoms with Crippen LogP contribution in [0.1, 0.15) is 39.9 Å². The fraction of sp³-hybridized carbons (Fsp3) is 0.286. The highest BCUT2D eigenvalue weighted by molar-refractivity contribution is 7.16. The summed E-state index contributed by atoms with van der Waals surface area (Å²) in [7, 11) is 0. The number of carbonyl (C=O) groups excluding carboxylic acids is 1. The quantitative estimate of drug-likeness (QED) is 0.800. The standard InChI is InChI=1S/C14H12FN5OS/c15-10-3-1-2-9(6-10)13(21)16-7-11-19-20-12(8-4-5-8)17-18-14(20)22-11/h1-3,6,8H,4-5,7H2,(H,16,21). The maximum absolute atomic E-state index is 13.1. The van der Waals surface area contributed by atoms with Crippen molar-refractivity contribution in [3.05, 3.63) is 46.5 Å². The number of hydrogen-bond acceptors (Lipinski definition) is 5. The first-order chi connectivity index (χ1) is 10.7. The van der Waals surface area contributed by atoms with Gasteiger partial charge >= 0.3 is 0 Å². The third-order valence-electron chi connectivity index (χ3n) is 3.49. The van der Waals surface area contributed by atoms with Crippen LogP contribution in [0.2, 0.25) is 0 Å². The Morgan fingerprint density at radius 1 is 1.41 bits per heavy atom. The Morgan fingerprint density at radius 3 is 3.05 bits per heavy atom. The van der Waals surface area contributed by atoms with Crippen molar-refractivity contribution < 1.29 is 9.18 Å². The van der Waals surface area contributed by atoms with Crippen LogP contribution in [0.3, 0.4) is 0 Å². The lowest BCUT2D eigenvalue weighted by atomic mass is 10.2. The molecule has 1 aromatic carbocycles. The number of carbonyl (C=O) groups is 1. The molecule has 1 amide bonds. The molecule has 4 rings (SSSR count). The normalized spacial score (nSPS) is 14.4. The summed E-state index contributed by atoms with van der Waals surface area (Å²) in [5.41, 5.74) is 0.293. The Labute approximate surface area is 129 Å². The van der Waals surface area contributed by atoms with Gasteiger partial charge in [0, 0.05) is 11.5 Å². The van der Waals surface area contributed by atoms with Crippen molar-refractivity contribution >= 4 is 22.2 Å². The fourth-order valence-electron chi connectivity index (χ4n) is 2.23. The molecule has 2 aromatic heterocycles. The van der Waals surface area contributed by atoms with Gasteiger partial charge in [0.25, 0.3) is 5.91 Å². The van der Waals surface area contributed by atoms with Gasteiger partial charge in [-0.25, -0.2) is 4.39 Å². The van der Waals surface area contributed by atoms with Crippen molar-refractivity contribution in [1.82, 2.24) is 25.1 Å². The third kappa shape index (κ3) is 2.45. The minimum absolute atomic E-state index is 0.285. The fourth-order valence-corrected chi connectivity index (χ4v) is 3.01. The van der Waals surface area contributed by atoms with Gasteiger partial charge in [-0.2, -0.15) is 9.61 Å². The van der Waals surface area contributed by atoms with Crippen LogP contribution in [-0.2, 0) is 6.54 Å². The lowest BCUT2D eigenvalue weighted by molar-refractivity contribution is 0.0950. The molecule has 1 fully saturated rings. The van der Waals surface area contributed by atoms with E-state index in [0.717, 1.165) is 28.6 Å². The average molecular weight is 317 g/mol. The van der Waals surface area contributed by atoms with E-state index in [-0.39, 0.29) is 12.5 Å². The van der Waals surface area contributed by atoms with Crippen molar-refractivity contribution in [1.29, 1.82) is 0 Å². The summed E-state index contributed by atoms with van der Waals surface area (Å²) in [4.78, 5) is 12.7. The van der Waals surface area contributed by atoms with Gasteiger partial charge in [0.15, 0.2) is 5.82 Å². The van der Waals surface area contributed by atoms with Crippen LogP contribution in [0.25, 0.3) is 4.96 Å². The van der Waals surface area contributed by atoms with Crippen molar-refractivity contribution in [3.8, 4) is 0 Å². The second kappa shape index (κ2) is 5.13. The summed E-state index contributed by atoms with van der Waals surface area (Å²) in [5.74, 6) is 0.606. The molecule has 1 aliphatic rings. The molecular formula is C14H12FN5OS. The minimum Gasteiger partial charge on any atom is -0.345 e. The van der Waals surface area contributed by atoms with Crippen molar-refractivity contribution in [2.45, 2.75) is 25.3 Å². The Hall–Kier alpha value is -2.35. The molecule has 3 aromatic rings. The summed E-state index contributed by atoms with van der Waals surface area (Å²) >= 11 is 1.39. The van der Waals surface area contributed by atoms with Crippen LogP contribution in [0.5, 0.6) is 0 Å². The first-order valence-electron chi connectivity index (χ1n) is 6.95. The highest BCUT2D eigenvalue weighted by atomic mass is 32.1. The predicted octanol–water partition coefficient (Wildman–Crippen LogP) is 2.13. The van der Waals surface area contributed by atoms with Crippen molar-refractivity contribution in [2.75, 3.05) is 0 Å². The van der Waals surface area contributed by atoms with Gasteiger partial charge in [-0.3, -0.25) is 4.79 Å². The molecule has 0 bridgehead atoms. The number of hydrogen-bond donors (Lipinski definition) is 1. The Balaban J connectivity index is 1.48. The first kappa shape index (κ1) is 13.3. The first-order valence-corrected chi connectivity index (χ1v) is 7.77. The monoisotopic (exact) mass is 317 g/mol. The SMILES string of the molecule is O=C(NCc1nn2c(C3CC3)nnc2s1)c1cccc(F)c1. The number of nitrogens with zero attached hydrogens (tertiary/aromatic N) is 4. The van der Waals surface area contributed by atoms with E-state index in [1.807, 2.05) is 0 Å². The Bertz CT molecular complexity index is 854. The molecule has 1 saturated carbocycles. The number of benzene rings is 1. The van der Waals surface area contributed by atoms with Gasteiger partial charge in [-0.05, 0) is 31.0 Å². The summed E-state index contributed by atoms with van der Waals surface area (Å²) in [6.07, 6.45) is 2.26. The zero-order valence-corrected chi connectivity index (χ0v) is 12.3. The predicted molar refractivity (Wildman–Crippen MR) is 78.2 cm³/mol. The maximum Gasteiger partial charge on any atom is 0.251 e. The molecule has 22 heavy (non-hydrogen) atoms. The van der Waals surface area contributed by atoms with Gasteiger partial charge in [-0.15, -0.1) is 10.2 Å². The lowest BCUT2D eigenvalue weighted by Gasteiger charge is -2.02. The third-order valence-corrected chi connectivity index (χ3v) is 4.39. The molecule has 2 heterocycles. The number of halogens is 1. The molecule has 0 radical (unpaired) electrons. The summed E-state index contributed by atoms with van der Waals surface area (Å²) in [5, 5.41) is 16.2. The largest absolute Gasteiger partial charge is 0.345 e.